The van der Waals surface area contributed by atoms with Gasteiger partial charge in [0, 0.05) is 29.5 Å². The van der Waals surface area contributed by atoms with Crippen molar-refractivity contribution >= 4 is 33.9 Å². The Morgan fingerprint density at radius 2 is 1.92 bits per heavy atom. The zero-order valence-corrected chi connectivity index (χ0v) is 14.5. The summed E-state index contributed by atoms with van der Waals surface area (Å²) in [6.45, 7) is 0.478. The monoisotopic (exact) mass is 362 g/mol. The molecular weight excluding hydrogens is 348 g/mol. The van der Waals surface area contributed by atoms with E-state index in [0.29, 0.717) is 11.8 Å². The molecule has 3 aromatic heterocycles. The van der Waals surface area contributed by atoms with E-state index < -0.39 is 0 Å². The maximum Gasteiger partial charge on any atom is 0.138 e. The van der Waals surface area contributed by atoms with Gasteiger partial charge in [-0.2, -0.15) is 0 Å². The van der Waals surface area contributed by atoms with Gasteiger partial charge in [0.05, 0.1) is 11.9 Å². The van der Waals surface area contributed by atoms with Gasteiger partial charge in [-0.05, 0) is 47.9 Å². The van der Waals surface area contributed by atoms with E-state index in [1.807, 2.05) is 42.5 Å². The molecule has 0 unspecified atom stereocenters. The van der Waals surface area contributed by atoms with E-state index in [-0.39, 0.29) is 0 Å². The van der Waals surface area contributed by atoms with E-state index in [0.717, 1.165) is 33.6 Å². The van der Waals surface area contributed by atoms with Crippen LogP contribution >= 0.6 is 11.6 Å². The Morgan fingerprint density at radius 3 is 2.73 bits per heavy atom. The molecule has 0 spiro atoms. The number of nitrogens with one attached hydrogen (secondary N) is 1. The molecule has 0 bridgehead atoms. The van der Waals surface area contributed by atoms with Crippen molar-refractivity contribution in [2.45, 2.75) is 6.61 Å². The van der Waals surface area contributed by atoms with Gasteiger partial charge in [0.15, 0.2) is 0 Å². The Morgan fingerprint density at radius 1 is 0.962 bits per heavy atom. The zero-order valence-electron chi connectivity index (χ0n) is 13.8. The SMILES string of the molecule is Clc1ccc(Nc2nccc3cc(OCc4cccnc4)ccc23)cn1. The van der Waals surface area contributed by atoms with Crippen LogP contribution in [0.25, 0.3) is 10.8 Å². The Balaban J connectivity index is 1.56. The number of hydrogen-bond donors (Lipinski definition) is 1. The Hall–Kier alpha value is -3.18. The molecule has 0 aliphatic carbocycles. The number of fused-ring (bicyclic) bond motifs is 1. The van der Waals surface area contributed by atoms with Crippen molar-refractivity contribution in [3.05, 3.63) is 84.0 Å². The number of halogens is 1. The van der Waals surface area contributed by atoms with Crippen LogP contribution in [0.4, 0.5) is 11.5 Å². The largest absolute Gasteiger partial charge is 0.489 e. The van der Waals surface area contributed by atoms with Crippen LogP contribution in [-0.2, 0) is 6.61 Å². The summed E-state index contributed by atoms with van der Waals surface area (Å²) >= 11 is 5.83. The standard InChI is InChI=1S/C20H15ClN4O/c21-19-6-3-16(12-24-19)25-20-18-5-4-17(10-15(18)7-9-23-20)26-13-14-2-1-8-22-11-14/h1-12H,13H2,(H,23,25). The van der Waals surface area contributed by atoms with Gasteiger partial charge in [0.25, 0.3) is 0 Å². The Kier molecular flexibility index (Phi) is 4.62. The molecule has 1 aromatic carbocycles. The highest BCUT2D eigenvalue weighted by Crippen LogP contribution is 2.28. The third-order valence-electron chi connectivity index (χ3n) is 3.85. The lowest BCUT2D eigenvalue weighted by molar-refractivity contribution is 0.306. The second-order valence-electron chi connectivity index (χ2n) is 5.69. The van der Waals surface area contributed by atoms with E-state index in [2.05, 4.69) is 20.3 Å². The van der Waals surface area contributed by atoms with Crippen LogP contribution < -0.4 is 10.1 Å². The molecule has 0 aliphatic heterocycles. The first-order valence-corrected chi connectivity index (χ1v) is 8.45. The van der Waals surface area contributed by atoms with Gasteiger partial charge >= 0.3 is 0 Å². The third kappa shape index (κ3) is 3.73. The second kappa shape index (κ2) is 7.37. The van der Waals surface area contributed by atoms with Crippen LogP contribution in [0.2, 0.25) is 5.15 Å². The number of ether oxygens (including phenoxy) is 1. The maximum absolute atomic E-state index is 5.87. The van der Waals surface area contributed by atoms with Crippen LogP contribution in [0.5, 0.6) is 5.75 Å². The van der Waals surface area contributed by atoms with E-state index >= 15 is 0 Å². The summed E-state index contributed by atoms with van der Waals surface area (Å²) in [6, 6.07) is 15.4. The van der Waals surface area contributed by atoms with Crippen molar-refractivity contribution in [2.24, 2.45) is 0 Å². The van der Waals surface area contributed by atoms with Crippen molar-refractivity contribution in [2.75, 3.05) is 5.32 Å². The highest BCUT2D eigenvalue weighted by Gasteiger charge is 2.05. The predicted molar refractivity (Wildman–Crippen MR) is 103 cm³/mol. The quantitative estimate of drug-likeness (QED) is 0.506. The molecule has 0 saturated carbocycles. The van der Waals surface area contributed by atoms with Gasteiger partial charge in [-0.3, -0.25) is 4.98 Å². The highest BCUT2D eigenvalue weighted by molar-refractivity contribution is 6.29. The average Bonchev–Trinajstić information content (AvgIpc) is 2.69. The number of pyridine rings is 3. The van der Waals surface area contributed by atoms with Gasteiger partial charge in [0.1, 0.15) is 23.3 Å². The summed E-state index contributed by atoms with van der Waals surface area (Å²) in [5.74, 6) is 1.55. The predicted octanol–water partition coefficient (Wildman–Crippen LogP) is 5.00. The normalized spacial score (nSPS) is 10.7. The van der Waals surface area contributed by atoms with Gasteiger partial charge in [-0.15, -0.1) is 0 Å². The lowest BCUT2D eigenvalue weighted by Crippen LogP contribution is -1.97. The van der Waals surface area contributed by atoms with Crippen LogP contribution in [0, 0.1) is 0 Å². The van der Waals surface area contributed by atoms with Gasteiger partial charge < -0.3 is 10.1 Å². The number of anilines is 2. The molecular formula is C20H15ClN4O. The van der Waals surface area contributed by atoms with Crippen molar-refractivity contribution in [3.8, 4) is 5.75 Å². The van der Waals surface area contributed by atoms with Crippen LogP contribution in [-0.4, -0.2) is 15.0 Å². The summed E-state index contributed by atoms with van der Waals surface area (Å²) in [6.07, 6.45) is 6.98. The van der Waals surface area contributed by atoms with E-state index in [1.54, 1.807) is 30.9 Å². The summed E-state index contributed by atoms with van der Waals surface area (Å²) in [4.78, 5) is 12.6. The smallest absolute Gasteiger partial charge is 0.138 e. The average molecular weight is 363 g/mol. The van der Waals surface area contributed by atoms with Gasteiger partial charge in [0.2, 0.25) is 0 Å². The Labute approximate surface area is 155 Å². The summed E-state index contributed by atoms with van der Waals surface area (Å²) in [5, 5.41) is 5.76. The summed E-state index contributed by atoms with van der Waals surface area (Å²) in [7, 11) is 0. The second-order valence-corrected chi connectivity index (χ2v) is 6.07. The highest BCUT2D eigenvalue weighted by atomic mass is 35.5. The summed E-state index contributed by atoms with van der Waals surface area (Å²) < 4.78 is 5.87. The molecule has 4 aromatic rings. The minimum atomic E-state index is 0.455. The molecule has 0 aliphatic rings. The summed E-state index contributed by atoms with van der Waals surface area (Å²) in [5.41, 5.74) is 1.85. The maximum atomic E-state index is 5.87. The van der Waals surface area contributed by atoms with Crippen LogP contribution in [0.15, 0.2) is 73.3 Å². The molecule has 5 nitrogen and oxygen atoms in total. The first kappa shape index (κ1) is 16.3. The zero-order chi connectivity index (χ0) is 17.8. The van der Waals surface area contributed by atoms with E-state index in [9.17, 15) is 0 Å². The number of rotatable bonds is 5. The fourth-order valence-corrected chi connectivity index (χ4v) is 2.69. The first-order valence-electron chi connectivity index (χ1n) is 8.07. The first-order chi connectivity index (χ1) is 12.8. The number of hydrogen-bond acceptors (Lipinski definition) is 5. The minimum absolute atomic E-state index is 0.455. The van der Waals surface area contributed by atoms with Crippen molar-refractivity contribution in [1.29, 1.82) is 0 Å². The fourth-order valence-electron chi connectivity index (χ4n) is 2.58. The molecule has 0 amide bonds. The van der Waals surface area contributed by atoms with Crippen molar-refractivity contribution in [3.63, 3.8) is 0 Å². The van der Waals surface area contributed by atoms with Crippen LogP contribution in [0.3, 0.4) is 0 Å². The topological polar surface area (TPSA) is 59.9 Å². The fraction of sp³-hybridized carbons (Fsp3) is 0.0500. The number of nitrogens with zero attached hydrogens (tertiary/aromatic N) is 3. The number of benzene rings is 1. The molecule has 4 rings (SSSR count). The molecule has 6 heteroatoms. The molecule has 0 saturated heterocycles. The Bertz CT molecular complexity index is 1020. The lowest BCUT2D eigenvalue weighted by atomic mass is 10.1. The van der Waals surface area contributed by atoms with Gasteiger partial charge in [-0.1, -0.05) is 17.7 Å². The minimum Gasteiger partial charge on any atom is -0.489 e. The van der Waals surface area contributed by atoms with Crippen molar-refractivity contribution < 1.29 is 4.74 Å². The molecule has 0 fully saturated rings. The number of aromatic nitrogens is 3. The molecule has 3 heterocycles. The van der Waals surface area contributed by atoms with Crippen LogP contribution in [0.1, 0.15) is 5.56 Å². The van der Waals surface area contributed by atoms with Crippen molar-refractivity contribution in [1.82, 2.24) is 15.0 Å². The van der Waals surface area contributed by atoms with E-state index in [4.69, 9.17) is 16.3 Å². The third-order valence-corrected chi connectivity index (χ3v) is 4.08. The molecule has 1 N–H and O–H groups in total. The lowest BCUT2D eigenvalue weighted by Gasteiger charge is -2.11. The molecule has 128 valence electrons. The molecule has 0 atom stereocenters. The van der Waals surface area contributed by atoms with Gasteiger partial charge in [-0.25, -0.2) is 9.97 Å². The molecule has 0 radical (unpaired) electrons. The van der Waals surface area contributed by atoms with E-state index in [1.165, 1.54) is 0 Å². The molecule has 26 heavy (non-hydrogen) atoms.